The molecule has 0 saturated heterocycles. The predicted octanol–water partition coefficient (Wildman–Crippen LogP) is 2.43. The third-order valence-electron chi connectivity index (χ3n) is 2.17. The van der Waals surface area contributed by atoms with Gasteiger partial charge in [-0.25, -0.2) is 0 Å². The molecule has 0 aromatic heterocycles. The minimum absolute atomic E-state index is 0. The number of rotatable bonds is 2. The van der Waals surface area contributed by atoms with Gasteiger partial charge in [0.15, 0.2) is 0 Å². The molecule has 0 aliphatic rings. The van der Waals surface area contributed by atoms with Gasteiger partial charge in [0.2, 0.25) is 0 Å². The molecule has 2 nitrogen and oxygen atoms in total. The lowest BCUT2D eigenvalue weighted by atomic mass is 9.91. The lowest BCUT2D eigenvalue weighted by molar-refractivity contribution is 0.476. The standard InChI is InChI=1S/C10H15N.H3N/c1-3-10(2,11)9-7-5-4-6-8-9;/h4-8H,3,11H2,1-2H3;1H3. The molecule has 0 aliphatic heterocycles. The van der Waals surface area contributed by atoms with Crippen LogP contribution < -0.4 is 11.9 Å². The SMILES string of the molecule is CCC(C)(N)c1ccccc1.N. The Morgan fingerprint density at radius 1 is 1.25 bits per heavy atom. The first-order valence-electron chi connectivity index (χ1n) is 4.01. The van der Waals surface area contributed by atoms with Crippen molar-refractivity contribution < 1.29 is 0 Å². The van der Waals surface area contributed by atoms with Gasteiger partial charge in [-0.1, -0.05) is 37.3 Å². The van der Waals surface area contributed by atoms with Gasteiger partial charge in [-0.3, -0.25) is 0 Å². The van der Waals surface area contributed by atoms with Gasteiger partial charge in [0.1, 0.15) is 0 Å². The molecule has 2 heteroatoms. The van der Waals surface area contributed by atoms with E-state index in [1.807, 2.05) is 18.2 Å². The Labute approximate surface area is 74.4 Å². The molecule has 1 aromatic carbocycles. The summed E-state index contributed by atoms with van der Waals surface area (Å²) in [5.74, 6) is 0. The second-order valence-electron chi connectivity index (χ2n) is 3.14. The van der Waals surface area contributed by atoms with Gasteiger partial charge in [0.25, 0.3) is 0 Å². The monoisotopic (exact) mass is 166 g/mol. The summed E-state index contributed by atoms with van der Waals surface area (Å²) >= 11 is 0. The quantitative estimate of drug-likeness (QED) is 0.708. The number of hydrogen-bond donors (Lipinski definition) is 2. The van der Waals surface area contributed by atoms with Gasteiger partial charge in [0.05, 0.1) is 0 Å². The average molecular weight is 166 g/mol. The minimum Gasteiger partial charge on any atom is -0.344 e. The molecule has 0 heterocycles. The van der Waals surface area contributed by atoms with E-state index in [0.29, 0.717) is 0 Å². The van der Waals surface area contributed by atoms with Gasteiger partial charge in [-0.05, 0) is 18.9 Å². The normalized spacial score (nSPS) is 14.6. The van der Waals surface area contributed by atoms with E-state index in [4.69, 9.17) is 5.73 Å². The molecule has 0 saturated carbocycles. The van der Waals surface area contributed by atoms with Gasteiger partial charge >= 0.3 is 0 Å². The molecule has 5 N–H and O–H groups in total. The summed E-state index contributed by atoms with van der Waals surface area (Å²) in [6, 6.07) is 10.2. The first-order chi connectivity index (χ1) is 5.17. The maximum atomic E-state index is 6.04. The summed E-state index contributed by atoms with van der Waals surface area (Å²) in [4.78, 5) is 0. The van der Waals surface area contributed by atoms with Gasteiger partial charge < -0.3 is 11.9 Å². The first-order valence-corrected chi connectivity index (χ1v) is 4.01. The highest BCUT2D eigenvalue weighted by atomic mass is 14.7. The van der Waals surface area contributed by atoms with Crippen molar-refractivity contribution in [2.45, 2.75) is 25.8 Å². The zero-order chi connectivity index (χ0) is 8.32. The van der Waals surface area contributed by atoms with E-state index in [1.54, 1.807) is 0 Å². The van der Waals surface area contributed by atoms with Crippen LogP contribution in [0.25, 0.3) is 0 Å². The molecule has 1 unspecified atom stereocenters. The van der Waals surface area contributed by atoms with Crippen LogP contribution in [0.4, 0.5) is 0 Å². The lowest BCUT2D eigenvalue weighted by Crippen LogP contribution is -2.31. The van der Waals surface area contributed by atoms with Crippen molar-refractivity contribution in [2.24, 2.45) is 5.73 Å². The van der Waals surface area contributed by atoms with Crippen molar-refractivity contribution in [3.8, 4) is 0 Å². The zero-order valence-electron chi connectivity index (χ0n) is 7.88. The van der Waals surface area contributed by atoms with Crippen LogP contribution in [-0.4, -0.2) is 0 Å². The lowest BCUT2D eigenvalue weighted by Gasteiger charge is -2.22. The summed E-state index contributed by atoms with van der Waals surface area (Å²) in [7, 11) is 0. The first kappa shape index (κ1) is 11.1. The summed E-state index contributed by atoms with van der Waals surface area (Å²) < 4.78 is 0. The predicted molar refractivity (Wildman–Crippen MR) is 53.3 cm³/mol. The summed E-state index contributed by atoms with van der Waals surface area (Å²) in [5.41, 5.74) is 7.08. The van der Waals surface area contributed by atoms with E-state index in [-0.39, 0.29) is 11.7 Å². The number of hydrogen-bond acceptors (Lipinski definition) is 2. The van der Waals surface area contributed by atoms with E-state index in [1.165, 1.54) is 5.56 Å². The summed E-state index contributed by atoms with van der Waals surface area (Å²) in [6.07, 6.45) is 0.969. The zero-order valence-corrected chi connectivity index (χ0v) is 7.88. The third-order valence-corrected chi connectivity index (χ3v) is 2.17. The van der Waals surface area contributed by atoms with Crippen LogP contribution in [0, 0.1) is 0 Å². The molecule has 0 radical (unpaired) electrons. The van der Waals surface area contributed by atoms with E-state index >= 15 is 0 Å². The Bertz CT molecular complexity index is 217. The Balaban J connectivity index is 0.00000121. The molecule has 68 valence electrons. The Kier molecular flexibility index (Phi) is 3.93. The second-order valence-corrected chi connectivity index (χ2v) is 3.14. The number of benzene rings is 1. The molecule has 0 amide bonds. The Morgan fingerprint density at radius 2 is 1.75 bits per heavy atom. The molecular formula is C10H18N2. The van der Waals surface area contributed by atoms with Gasteiger partial charge in [-0.15, -0.1) is 0 Å². The molecule has 1 aromatic rings. The van der Waals surface area contributed by atoms with Crippen LogP contribution >= 0.6 is 0 Å². The topological polar surface area (TPSA) is 61.0 Å². The highest BCUT2D eigenvalue weighted by molar-refractivity contribution is 5.22. The van der Waals surface area contributed by atoms with Crippen LogP contribution in [0.15, 0.2) is 30.3 Å². The van der Waals surface area contributed by atoms with Crippen molar-refractivity contribution in [3.63, 3.8) is 0 Å². The molecule has 0 spiro atoms. The third kappa shape index (κ3) is 2.32. The minimum atomic E-state index is -0.165. The maximum absolute atomic E-state index is 6.04. The fourth-order valence-electron chi connectivity index (χ4n) is 1.02. The molecule has 1 atom stereocenters. The molecule has 0 fully saturated rings. The van der Waals surface area contributed by atoms with E-state index in [2.05, 4.69) is 26.0 Å². The molecule has 0 bridgehead atoms. The van der Waals surface area contributed by atoms with Crippen LogP contribution in [0.3, 0.4) is 0 Å². The molecule has 12 heavy (non-hydrogen) atoms. The average Bonchev–Trinajstić information content (AvgIpc) is 2.06. The Morgan fingerprint density at radius 3 is 2.17 bits per heavy atom. The van der Waals surface area contributed by atoms with Gasteiger partial charge in [0, 0.05) is 5.54 Å². The molecule has 0 aliphatic carbocycles. The van der Waals surface area contributed by atoms with Crippen molar-refractivity contribution in [1.82, 2.24) is 6.15 Å². The van der Waals surface area contributed by atoms with Crippen molar-refractivity contribution in [1.29, 1.82) is 0 Å². The number of nitrogens with two attached hydrogens (primary N) is 1. The highest BCUT2D eigenvalue weighted by Crippen LogP contribution is 2.19. The molecule has 1 rings (SSSR count). The van der Waals surface area contributed by atoms with E-state index in [0.717, 1.165) is 6.42 Å². The fourth-order valence-corrected chi connectivity index (χ4v) is 1.02. The van der Waals surface area contributed by atoms with Crippen molar-refractivity contribution in [3.05, 3.63) is 35.9 Å². The van der Waals surface area contributed by atoms with Crippen molar-refractivity contribution >= 4 is 0 Å². The molecular weight excluding hydrogens is 148 g/mol. The smallest absolute Gasteiger partial charge is 0.0378 e. The van der Waals surface area contributed by atoms with Gasteiger partial charge in [-0.2, -0.15) is 0 Å². The fraction of sp³-hybridized carbons (Fsp3) is 0.400. The van der Waals surface area contributed by atoms with Crippen LogP contribution in [-0.2, 0) is 5.54 Å². The van der Waals surface area contributed by atoms with E-state index in [9.17, 15) is 0 Å². The van der Waals surface area contributed by atoms with E-state index < -0.39 is 0 Å². The Hall–Kier alpha value is -0.860. The van der Waals surface area contributed by atoms with Crippen LogP contribution in [0.5, 0.6) is 0 Å². The summed E-state index contributed by atoms with van der Waals surface area (Å²) in [6.45, 7) is 4.16. The second kappa shape index (κ2) is 4.24. The largest absolute Gasteiger partial charge is 0.344 e. The van der Waals surface area contributed by atoms with Crippen molar-refractivity contribution in [2.75, 3.05) is 0 Å². The maximum Gasteiger partial charge on any atom is 0.0378 e. The van der Waals surface area contributed by atoms with Crippen LogP contribution in [0.2, 0.25) is 0 Å². The highest BCUT2D eigenvalue weighted by Gasteiger charge is 2.16. The van der Waals surface area contributed by atoms with Crippen LogP contribution in [0.1, 0.15) is 25.8 Å². The summed E-state index contributed by atoms with van der Waals surface area (Å²) in [5, 5.41) is 0.